The van der Waals surface area contributed by atoms with Crippen molar-refractivity contribution in [2.75, 3.05) is 4.90 Å². The third kappa shape index (κ3) is 3.57. The van der Waals surface area contributed by atoms with Gasteiger partial charge in [-0.15, -0.1) is 0 Å². The van der Waals surface area contributed by atoms with E-state index in [-0.39, 0.29) is 5.57 Å². The topological polar surface area (TPSA) is 40.5 Å². The average molecular weight is 408 g/mol. The van der Waals surface area contributed by atoms with Crippen molar-refractivity contribution in [1.82, 2.24) is 0 Å². The fourth-order valence-corrected chi connectivity index (χ4v) is 5.01. The number of nitrogens with zero attached hydrogens (tertiary/aromatic N) is 1. The highest BCUT2D eigenvalue weighted by molar-refractivity contribution is 6.14. The summed E-state index contributed by atoms with van der Waals surface area (Å²) in [5, 5.41) is 9.07. The molecule has 1 N–H and O–H groups in total. The normalized spacial score (nSPS) is 19.4. The summed E-state index contributed by atoms with van der Waals surface area (Å²) in [7, 11) is 0. The Kier molecular flexibility index (Phi) is 4.95. The first kappa shape index (κ1) is 19.4. The molecule has 0 saturated heterocycles. The van der Waals surface area contributed by atoms with Crippen LogP contribution in [-0.4, -0.2) is 17.1 Å². The SMILES string of the molecule is C=C(C(=O)O)c1ccc(C=Cc2ccc3c(c2)C2CCCC2N3c2ccccc2)cc1. The lowest BCUT2D eigenvalue weighted by atomic mass is 9.95. The van der Waals surface area contributed by atoms with Crippen LogP contribution in [-0.2, 0) is 4.79 Å². The van der Waals surface area contributed by atoms with Gasteiger partial charge < -0.3 is 10.0 Å². The van der Waals surface area contributed by atoms with Crippen molar-refractivity contribution < 1.29 is 9.90 Å². The fraction of sp³-hybridized carbons (Fsp3) is 0.179. The van der Waals surface area contributed by atoms with Crippen LogP contribution in [0.2, 0.25) is 0 Å². The van der Waals surface area contributed by atoms with E-state index in [1.807, 2.05) is 12.1 Å². The maximum absolute atomic E-state index is 11.1. The van der Waals surface area contributed by atoms with Crippen LogP contribution in [0.1, 0.15) is 47.4 Å². The van der Waals surface area contributed by atoms with Crippen LogP contribution in [0, 0.1) is 0 Å². The zero-order valence-electron chi connectivity index (χ0n) is 17.4. The molecule has 2 unspecified atom stereocenters. The molecule has 1 heterocycles. The van der Waals surface area contributed by atoms with Crippen molar-refractivity contribution in [3.63, 3.8) is 0 Å². The van der Waals surface area contributed by atoms with Crippen LogP contribution in [0.15, 0.2) is 79.4 Å². The predicted molar refractivity (Wildman–Crippen MR) is 127 cm³/mol. The lowest BCUT2D eigenvalue weighted by Gasteiger charge is -2.27. The first-order valence-electron chi connectivity index (χ1n) is 10.8. The van der Waals surface area contributed by atoms with E-state index in [1.54, 1.807) is 12.1 Å². The van der Waals surface area contributed by atoms with Gasteiger partial charge in [0.25, 0.3) is 0 Å². The summed E-state index contributed by atoms with van der Waals surface area (Å²) in [4.78, 5) is 13.6. The molecular weight excluding hydrogens is 382 g/mol. The summed E-state index contributed by atoms with van der Waals surface area (Å²) in [6.45, 7) is 3.61. The van der Waals surface area contributed by atoms with E-state index >= 15 is 0 Å². The van der Waals surface area contributed by atoms with E-state index in [0.717, 1.165) is 5.56 Å². The highest BCUT2D eigenvalue weighted by Crippen LogP contribution is 2.52. The fourth-order valence-electron chi connectivity index (χ4n) is 5.01. The predicted octanol–water partition coefficient (Wildman–Crippen LogP) is 6.74. The Morgan fingerprint density at radius 2 is 1.65 bits per heavy atom. The molecule has 31 heavy (non-hydrogen) atoms. The van der Waals surface area contributed by atoms with Gasteiger partial charge in [-0.05, 0) is 59.4 Å². The van der Waals surface area contributed by atoms with Crippen LogP contribution in [0.4, 0.5) is 11.4 Å². The monoisotopic (exact) mass is 407 g/mol. The second-order valence-corrected chi connectivity index (χ2v) is 8.37. The first-order valence-corrected chi connectivity index (χ1v) is 10.8. The van der Waals surface area contributed by atoms with Gasteiger partial charge in [0.2, 0.25) is 0 Å². The first-order chi connectivity index (χ1) is 15.1. The maximum atomic E-state index is 11.1. The van der Waals surface area contributed by atoms with Gasteiger partial charge >= 0.3 is 5.97 Å². The molecule has 0 amide bonds. The smallest absolute Gasteiger partial charge is 0.335 e. The average Bonchev–Trinajstić information content (AvgIpc) is 3.39. The molecule has 0 bridgehead atoms. The number of carbonyl (C=O) groups is 1. The number of aliphatic carboxylic acids is 1. The number of rotatable bonds is 5. The molecule has 0 aromatic heterocycles. The highest BCUT2D eigenvalue weighted by atomic mass is 16.4. The largest absolute Gasteiger partial charge is 0.478 e. The molecule has 5 rings (SSSR count). The molecule has 1 fully saturated rings. The molecule has 1 aliphatic carbocycles. The number of benzene rings is 3. The second-order valence-electron chi connectivity index (χ2n) is 8.37. The Morgan fingerprint density at radius 1 is 0.935 bits per heavy atom. The minimum absolute atomic E-state index is 0.114. The lowest BCUT2D eigenvalue weighted by Crippen LogP contribution is -2.26. The number of hydrogen-bond acceptors (Lipinski definition) is 2. The van der Waals surface area contributed by atoms with Crippen molar-refractivity contribution in [3.05, 3.63) is 102 Å². The quantitative estimate of drug-likeness (QED) is 0.376. The van der Waals surface area contributed by atoms with Crippen LogP contribution < -0.4 is 4.90 Å². The Morgan fingerprint density at radius 3 is 2.39 bits per heavy atom. The third-order valence-corrected chi connectivity index (χ3v) is 6.54. The van der Waals surface area contributed by atoms with E-state index < -0.39 is 5.97 Å². The summed E-state index contributed by atoms with van der Waals surface area (Å²) in [6, 6.07) is 25.6. The molecule has 3 heteroatoms. The Bertz CT molecular complexity index is 1160. The highest BCUT2D eigenvalue weighted by Gasteiger charge is 2.41. The molecular formula is C28H25NO2. The molecule has 0 spiro atoms. The van der Waals surface area contributed by atoms with E-state index in [0.29, 0.717) is 17.5 Å². The Hall–Kier alpha value is -3.59. The Balaban J connectivity index is 1.41. The molecule has 3 nitrogen and oxygen atoms in total. The number of carboxylic acid groups (broad SMARTS) is 1. The van der Waals surface area contributed by atoms with Gasteiger partial charge in [0.15, 0.2) is 0 Å². The van der Waals surface area contributed by atoms with Gasteiger partial charge in [0, 0.05) is 23.3 Å². The van der Waals surface area contributed by atoms with E-state index in [2.05, 4.69) is 72.2 Å². The minimum atomic E-state index is -0.990. The van der Waals surface area contributed by atoms with Crippen LogP contribution in [0.3, 0.4) is 0 Å². The van der Waals surface area contributed by atoms with E-state index in [1.165, 1.54) is 41.8 Å². The summed E-state index contributed by atoms with van der Waals surface area (Å²) in [5.41, 5.74) is 7.06. The van der Waals surface area contributed by atoms with E-state index in [9.17, 15) is 4.79 Å². The lowest BCUT2D eigenvalue weighted by molar-refractivity contribution is -0.130. The number of carboxylic acids is 1. The van der Waals surface area contributed by atoms with Crippen molar-refractivity contribution in [2.45, 2.75) is 31.2 Å². The molecule has 1 saturated carbocycles. The standard InChI is InChI=1S/C28H25NO2/c1-19(28(30)31)22-15-12-20(13-16-22)10-11-21-14-17-27-25(18-21)24-8-5-9-26(24)29(27)23-6-3-2-4-7-23/h2-4,6-7,10-18,24,26H,1,5,8-9H2,(H,30,31). The summed E-state index contributed by atoms with van der Waals surface area (Å²) < 4.78 is 0. The molecule has 3 aromatic rings. The summed E-state index contributed by atoms with van der Waals surface area (Å²) >= 11 is 0. The van der Waals surface area contributed by atoms with Gasteiger partial charge in [0.05, 0.1) is 5.57 Å². The van der Waals surface area contributed by atoms with Gasteiger partial charge in [-0.3, -0.25) is 0 Å². The van der Waals surface area contributed by atoms with Gasteiger partial charge in [-0.2, -0.15) is 0 Å². The third-order valence-electron chi connectivity index (χ3n) is 6.54. The minimum Gasteiger partial charge on any atom is -0.478 e. The number of fused-ring (bicyclic) bond motifs is 3. The number of para-hydroxylation sites is 1. The van der Waals surface area contributed by atoms with Crippen molar-refractivity contribution >= 4 is 35.1 Å². The Labute approximate surface area is 183 Å². The van der Waals surface area contributed by atoms with Crippen molar-refractivity contribution in [3.8, 4) is 0 Å². The second kappa shape index (κ2) is 7.92. The zero-order chi connectivity index (χ0) is 21.4. The van der Waals surface area contributed by atoms with Crippen LogP contribution >= 0.6 is 0 Å². The van der Waals surface area contributed by atoms with Crippen molar-refractivity contribution in [2.24, 2.45) is 0 Å². The number of anilines is 2. The molecule has 154 valence electrons. The zero-order valence-corrected chi connectivity index (χ0v) is 17.4. The summed E-state index contributed by atoms with van der Waals surface area (Å²) in [5.74, 6) is -0.388. The molecule has 1 aliphatic heterocycles. The van der Waals surface area contributed by atoms with E-state index in [4.69, 9.17) is 5.11 Å². The number of hydrogen-bond donors (Lipinski definition) is 1. The van der Waals surface area contributed by atoms with Gasteiger partial charge in [-0.25, -0.2) is 4.79 Å². The van der Waals surface area contributed by atoms with Crippen LogP contribution in [0.25, 0.3) is 17.7 Å². The molecule has 0 radical (unpaired) electrons. The van der Waals surface area contributed by atoms with Gasteiger partial charge in [-0.1, -0.05) is 73.7 Å². The maximum Gasteiger partial charge on any atom is 0.335 e. The molecule has 2 atom stereocenters. The van der Waals surface area contributed by atoms with Gasteiger partial charge in [0.1, 0.15) is 0 Å². The van der Waals surface area contributed by atoms with Crippen molar-refractivity contribution in [1.29, 1.82) is 0 Å². The molecule has 3 aromatic carbocycles. The summed E-state index contributed by atoms with van der Waals surface area (Å²) in [6.07, 6.45) is 7.99. The van der Waals surface area contributed by atoms with Crippen LogP contribution in [0.5, 0.6) is 0 Å². The molecule has 2 aliphatic rings.